The second-order valence-electron chi connectivity index (χ2n) is 7.31. The molecular formula is C21H25N5OS. The number of hydrogen-bond donors (Lipinski definition) is 0. The summed E-state index contributed by atoms with van der Waals surface area (Å²) >= 11 is 1.42. The summed E-state index contributed by atoms with van der Waals surface area (Å²) in [6.45, 7) is 7.71. The first-order valence-electron chi connectivity index (χ1n) is 9.75. The predicted octanol–water partition coefficient (Wildman–Crippen LogP) is 3.90. The molecule has 6 nitrogen and oxygen atoms in total. The monoisotopic (exact) mass is 395 g/mol. The lowest BCUT2D eigenvalue weighted by atomic mass is 10.1. The van der Waals surface area contributed by atoms with Crippen LogP contribution >= 0.6 is 11.8 Å². The van der Waals surface area contributed by atoms with Crippen LogP contribution in [0, 0.1) is 20.8 Å². The van der Waals surface area contributed by atoms with Gasteiger partial charge in [-0.3, -0.25) is 4.79 Å². The van der Waals surface area contributed by atoms with Crippen molar-refractivity contribution >= 4 is 23.4 Å². The Morgan fingerprint density at radius 3 is 2.46 bits per heavy atom. The molecule has 1 amide bonds. The minimum atomic E-state index is -0.348. The van der Waals surface area contributed by atoms with E-state index in [0.29, 0.717) is 10.9 Å². The number of aryl methyl sites for hydroxylation is 2. The van der Waals surface area contributed by atoms with Crippen LogP contribution in [0.25, 0.3) is 5.78 Å². The number of hydrogen-bond acceptors (Lipinski definition) is 5. The van der Waals surface area contributed by atoms with Gasteiger partial charge < -0.3 is 4.90 Å². The molecular weight excluding hydrogens is 370 g/mol. The Balaban J connectivity index is 1.68. The van der Waals surface area contributed by atoms with Crippen molar-refractivity contribution in [2.45, 2.75) is 50.4 Å². The van der Waals surface area contributed by atoms with Crippen molar-refractivity contribution in [3.63, 3.8) is 0 Å². The zero-order valence-corrected chi connectivity index (χ0v) is 17.4. The standard InChI is InChI=1S/C21H25N5OS/c1-14-15(2)22-20-23-21(24-26(20)16(14)3)28-18(17-10-6-4-7-11-17)19(27)25-12-8-5-9-13-25/h4,6-7,10-11,18H,5,8-9,12-13H2,1-3H3/t18-/m1/s1. The zero-order valence-electron chi connectivity index (χ0n) is 16.6. The third-order valence-corrected chi connectivity index (χ3v) is 6.55. The molecule has 3 heterocycles. The number of likely N-dealkylation sites (tertiary alicyclic amines) is 1. The van der Waals surface area contributed by atoms with Crippen molar-refractivity contribution in [1.29, 1.82) is 0 Å². The van der Waals surface area contributed by atoms with Crippen LogP contribution < -0.4 is 0 Å². The number of benzene rings is 1. The average Bonchev–Trinajstić information content (AvgIpc) is 3.14. The summed E-state index contributed by atoms with van der Waals surface area (Å²) in [5.74, 6) is 0.729. The number of amides is 1. The van der Waals surface area contributed by atoms with Crippen molar-refractivity contribution in [2.24, 2.45) is 0 Å². The molecule has 7 heteroatoms. The van der Waals surface area contributed by atoms with Crippen molar-refractivity contribution < 1.29 is 4.79 Å². The van der Waals surface area contributed by atoms with Crippen LogP contribution in [-0.4, -0.2) is 43.5 Å². The molecule has 0 spiro atoms. The van der Waals surface area contributed by atoms with Crippen molar-refractivity contribution in [3.8, 4) is 0 Å². The maximum absolute atomic E-state index is 13.3. The molecule has 0 saturated carbocycles. The van der Waals surface area contributed by atoms with E-state index < -0.39 is 0 Å². The van der Waals surface area contributed by atoms with Gasteiger partial charge in [0, 0.05) is 24.5 Å². The van der Waals surface area contributed by atoms with Crippen LogP contribution in [-0.2, 0) is 4.79 Å². The lowest BCUT2D eigenvalue weighted by Gasteiger charge is -2.30. The summed E-state index contributed by atoms with van der Waals surface area (Å²) in [5.41, 5.74) is 4.08. The van der Waals surface area contributed by atoms with Gasteiger partial charge in [0.15, 0.2) is 0 Å². The van der Waals surface area contributed by atoms with Crippen molar-refractivity contribution in [3.05, 3.63) is 52.8 Å². The van der Waals surface area contributed by atoms with Gasteiger partial charge in [0.2, 0.25) is 11.1 Å². The number of carbonyl (C=O) groups excluding carboxylic acids is 1. The maximum Gasteiger partial charge on any atom is 0.253 e. The van der Waals surface area contributed by atoms with Crippen LogP contribution in [0.2, 0.25) is 0 Å². The van der Waals surface area contributed by atoms with Crippen molar-refractivity contribution in [1.82, 2.24) is 24.5 Å². The van der Waals surface area contributed by atoms with E-state index in [1.54, 1.807) is 4.52 Å². The third kappa shape index (κ3) is 3.63. The number of fused-ring (bicyclic) bond motifs is 1. The number of carbonyl (C=O) groups is 1. The third-order valence-electron chi connectivity index (χ3n) is 5.46. The van der Waals surface area contributed by atoms with E-state index in [2.05, 4.69) is 15.1 Å². The number of aromatic nitrogens is 4. The first-order valence-corrected chi connectivity index (χ1v) is 10.6. The molecule has 1 atom stereocenters. The SMILES string of the molecule is Cc1nc2nc(S[C@@H](C(=O)N3CCCCC3)c3ccccc3)nn2c(C)c1C. The summed E-state index contributed by atoms with van der Waals surface area (Å²) in [4.78, 5) is 24.5. The minimum Gasteiger partial charge on any atom is -0.341 e. The minimum absolute atomic E-state index is 0.145. The highest BCUT2D eigenvalue weighted by atomic mass is 32.2. The number of thioether (sulfide) groups is 1. The molecule has 146 valence electrons. The van der Waals surface area contributed by atoms with E-state index in [9.17, 15) is 4.79 Å². The summed E-state index contributed by atoms with van der Waals surface area (Å²) in [6.07, 6.45) is 3.35. The van der Waals surface area contributed by atoms with Gasteiger partial charge in [-0.25, -0.2) is 9.50 Å². The molecule has 1 aliphatic rings. The number of rotatable bonds is 4. The van der Waals surface area contributed by atoms with Gasteiger partial charge in [-0.15, -0.1) is 5.10 Å². The fourth-order valence-electron chi connectivity index (χ4n) is 3.56. The highest BCUT2D eigenvalue weighted by Gasteiger charge is 2.29. The first kappa shape index (κ1) is 18.9. The lowest BCUT2D eigenvalue weighted by molar-refractivity contribution is -0.131. The summed E-state index contributed by atoms with van der Waals surface area (Å²) in [5, 5.41) is 4.88. The maximum atomic E-state index is 13.3. The summed E-state index contributed by atoms with van der Waals surface area (Å²) in [6, 6.07) is 9.93. The molecule has 0 unspecified atom stereocenters. The largest absolute Gasteiger partial charge is 0.341 e. The Morgan fingerprint density at radius 2 is 1.75 bits per heavy atom. The summed E-state index contributed by atoms with van der Waals surface area (Å²) < 4.78 is 1.78. The van der Waals surface area contributed by atoms with Crippen LogP contribution in [0.1, 0.15) is 47.0 Å². The van der Waals surface area contributed by atoms with Crippen LogP contribution in [0.3, 0.4) is 0 Å². The van der Waals surface area contributed by atoms with E-state index in [4.69, 9.17) is 0 Å². The molecule has 3 aromatic rings. The van der Waals surface area contributed by atoms with Gasteiger partial charge >= 0.3 is 0 Å². The molecule has 1 aliphatic heterocycles. The molecule has 4 rings (SSSR count). The fraction of sp³-hybridized carbons (Fsp3) is 0.429. The number of piperidine rings is 1. The molecule has 1 fully saturated rings. The second kappa shape index (κ2) is 7.91. The molecule has 0 N–H and O–H groups in total. The molecule has 0 aliphatic carbocycles. The van der Waals surface area contributed by atoms with E-state index in [1.165, 1.54) is 18.2 Å². The van der Waals surface area contributed by atoms with Gasteiger partial charge in [0.1, 0.15) is 5.25 Å². The van der Waals surface area contributed by atoms with Gasteiger partial charge in [0.25, 0.3) is 5.78 Å². The molecule has 1 saturated heterocycles. The fourth-order valence-corrected chi connectivity index (χ4v) is 4.58. The number of nitrogens with zero attached hydrogens (tertiary/aromatic N) is 5. The molecule has 1 aromatic carbocycles. The quantitative estimate of drug-likeness (QED) is 0.627. The second-order valence-corrected chi connectivity index (χ2v) is 8.38. The Bertz CT molecular complexity index is 995. The van der Waals surface area contributed by atoms with E-state index in [1.807, 2.05) is 56.0 Å². The van der Waals surface area contributed by atoms with Gasteiger partial charge in [0.05, 0.1) is 0 Å². The topological polar surface area (TPSA) is 63.4 Å². The molecule has 28 heavy (non-hydrogen) atoms. The van der Waals surface area contributed by atoms with Gasteiger partial charge in [-0.05, 0) is 51.2 Å². The van der Waals surface area contributed by atoms with Gasteiger partial charge in [-0.2, -0.15) is 4.98 Å². The highest BCUT2D eigenvalue weighted by molar-refractivity contribution is 8.00. The van der Waals surface area contributed by atoms with Crippen LogP contribution in [0.15, 0.2) is 35.5 Å². The van der Waals surface area contributed by atoms with Gasteiger partial charge in [-0.1, -0.05) is 42.1 Å². The molecule has 2 aromatic heterocycles. The van der Waals surface area contributed by atoms with Crippen molar-refractivity contribution in [2.75, 3.05) is 13.1 Å². The molecule has 0 radical (unpaired) electrons. The zero-order chi connectivity index (χ0) is 19.7. The Hall–Kier alpha value is -2.41. The van der Waals surface area contributed by atoms with E-state index >= 15 is 0 Å². The Kier molecular flexibility index (Phi) is 5.35. The highest BCUT2D eigenvalue weighted by Crippen LogP contribution is 2.36. The Morgan fingerprint density at radius 1 is 1.04 bits per heavy atom. The smallest absolute Gasteiger partial charge is 0.253 e. The molecule has 0 bridgehead atoms. The average molecular weight is 396 g/mol. The van der Waals surface area contributed by atoms with Crippen LogP contribution in [0.5, 0.6) is 0 Å². The Labute approximate surface area is 169 Å². The predicted molar refractivity (Wildman–Crippen MR) is 110 cm³/mol. The summed E-state index contributed by atoms with van der Waals surface area (Å²) in [7, 11) is 0. The van der Waals surface area contributed by atoms with E-state index in [-0.39, 0.29) is 11.2 Å². The first-order chi connectivity index (χ1) is 13.5. The van der Waals surface area contributed by atoms with Crippen LogP contribution in [0.4, 0.5) is 0 Å². The normalized spacial score (nSPS) is 15.8. The van der Waals surface area contributed by atoms with E-state index in [0.717, 1.165) is 48.4 Å². The lowest BCUT2D eigenvalue weighted by Crippen LogP contribution is -2.38.